The molecule has 1 atom stereocenters. The Labute approximate surface area is 508 Å². The minimum atomic E-state index is -0.743. The molecule has 19 heteroatoms. The molecule has 0 fully saturated rings. The van der Waals surface area contributed by atoms with Gasteiger partial charge in [-0.15, -0.1) is 0 Å². The van der Waals surface area contributed by atoms with Gasteiger partial charge in [-0.3, -0.25) is 28.8 Å². The maximum absolute atomic E-state index is 12.8. The molecule has 0 bridgehead atoms. The minimum absolute atomic E-state index is 0.0127. The van der Waals surface area contributed by atoms with Crippen molar-refractivity contribution < 1.29 is 62.7 Å². The molecule has 0 aliphatic rings. The zero-order valence-electron chi connectivity index (χ0n) is 57.3. The molecular weight excluding hydrogens is 1060 g/mol. The van der Waals surface area contributed by atoms with Crippen molar-refractivity contribution in [1.29, 1.82) is 0 Å². The third kappa shape index (κ3) is 75.9. The Kier molecular flexibility index (Phi) is 74.9. The van der Waals surface area contributed by atoms with E-state index in [1.165, 1.54) is 29.1 Å². The summed E-state index contributed by atoms with van der Waals surface area (Å²) < 4.78 is 20.9. The van der Waals surface area contributed by atoms with Gasteiger partial charge in [-0.1, -0.05) is 151 Å². The van der Waals surface area contributed by atoms with Crippen LogP contribution in [0, 0.1) is 47.3 Å². The summed E-state index contributed by atoms with van der Waals surface area (Å²) in [6.45, 7) is 48.0. The fourth-order valence-electron chi connectivity index (χ4n) is 8.34. The van der Waals surface area contributed by atoms with E-state index in [2.05, 4.69) is 132 Å². The molecule has 0 radical (unpaired) electrons. The highest BCUT2D eigenvalue weighted by atomic mass is 16.7. The molecule has 0 saturated heterocycles. The first-order chi connectivity index (χ1) is 39.1. The van der Waals surface area contributed by atoms with Gasteiger partial charge in [0.15, 0.2) is 0 Å². The Balaban J connectivity index is -0.000000242. The zero-order valence-corrected chi connectivity index (χ0v) is 57.3. The number of aliphatic hydroxyl groups is 2. The average molecular weight is 1200 g/mol. The molecule has 7 N–H and O–H groups in total. The number of hydrogen-bond acceptors (Lipinski definition) is 15. The lowest BCUT2D eigenvalue weighted by Gasteiger charge is -2.23. The van der Waals surface area contributed by atoms with Crippen molar-refractivity contribution in [3.05, 3.63) is 0 Å². The van der Waals surface area contributed by atoms with Gasteiger partial charge in [-0.05, 0) is 106 Å². The number of primary amides is 1. The summed E-state index contributed by atoms with van der Waals surface area (Å²) >= 11 is 0. The quantitative estimate of drug-likeness (QED) is 0.0144. The first-order valence-electron chi connectivity index (χ1n) is 31.8. The van der Waals surface area contributed by atoms with E-state index in [1.54, 1.807) is 7.05 Å². The summed E-state index contributed by atoms with van der Waals surface area (Å²) in [6, 6.07) is 0. The molecule has 0 heterocycles. The molecule has 0 rings (SSSR count). The summed E-state index contributed by atoms with van der Waals surface area (Å²) in [6.07, 6.45) is 8.83. The molecule has 0 aliphatic carbocycles. The number of aliphatic hydroxyl groups excluding tert-OH is 2. The van der Waals surface area contributed by atoms with Gasteiger partial charge >= 0.3 is 12.1 Å². The topological polar surface area (TPSA) is 265 Å². The highest BCUT2D eigenvalue weighted by Gasteiger charge is 2.21. The number of nitrogens with one attached hydrogen (secondary N) is 3. The first-order valence-corrected chi connectivity index (χ1v) is 31.8. The third-order valence-corrected chi connectivity index (χ3v) is 11.5. The molecule has 0 aromatic rings. The van der Waals surface area contributed by atoms with Crippen molar-refractivity contribution in [3.8, 4) is 0 Å². The van der Waals surface area contributed by atoms with Crippen LogP contribution in [0.25, 0.3) is 0 Å². The lowest BCUT2D eigenvalue weighted by atomic mass is 9.95. The van der Waals surface area contributed by atoms with Gasteiger partial charge in [0.2, 0.25) is 24.1 Å². The van der Waals surface area contributed by atoms with E-state index in [4.69, 9.17) is 28.8 Å². The zero-order chi connectivity index (χ0) is 65.7. The Morgan fingerprint density at radius 2 is 1.01 bits per heavy atom. The smallest absolute Gasteiger partial charge is 0.465 e. The van der Waals surface area contributed by atoms with Gasteiger partial charge in [0, 0.05) is 65.1 Å². The first kappa shape index (κ1) is 92.6. The Hall–Kier alpha value is -4.07. The lowest BCUT2D eigenvalue weighted by Crippen LogP contribution is -2.39. The van der Waals surface area contributed by atoms with Crippen LogP contribution in [0.4, 0.5) is 4.79 Å². The normalized spacial score (nSPS) is 10.9. The fraction of sp³-hybridized carbons (Fsp3) is 0.891. The third-order valence-electron chi connectivity index (χ3n) is 11.5. The predicted molar refractivity (Wildman–Crippen MR) is 342 cm³/mol. The van der Waals surface area contributed by atoms with E-state index >= 15 is 0 Å². The van der Waals surface area contributed by atoms with Crippen molar-refractivity contribution in [2.75, 3.05) is 79.2 Å². The van der Waals surface area contributed by atoms with Gasteiger partial charge in [-0.2, -0.15) is 0 Å². The van der Waals surface area contributed by atoms with Gasteiger partial charge in [-0.25, -0.2) is 4.79 Å². The summed E-state index contributed by atoms with van der Waals surface area (Å²) in [5, 5.41) is 27.1. The molecule has 0 aromatic carbocycles. The lowest BCUT2D eigenvalue weighted by molar-refractivity contribution is -0.146. The molecule has 0 aromatic heterocycles. The van der Waals surface area contributed by atoms with E-state index in [1.807, 2.05) is 34.6 Å². The van der Waals surface area contributed by atoms with E-state index < -0.39 is 12.1 Å². The molecule has 83 heavy (non-hydrogen) atoms. The number of nitrogens with zero attached hydrogens (tertiary/aromatic N) is 2. The van der Waals surface area contributed by atoms with Gasteiger partial charge in [0.05, 0.1) is 25.7 Å². The molecule has 0 aliphatic heterocycles. The maximum atomic E-state index is 12.8. The van der Waals surface area contributed by atoms with Gasteiger partial charge in [0.1, 0.15) is 25.4 Å². The van der Waals surface area contributed by atoms with Crippen LogP contribution in [0.5, 0.6) is 0 Å². The largest absolute Gasteiger partial charge is 0.508 e. The van der Waals surface area contributed by atoms with E-state index in [9.17, 15) is 33.9 Å². The summed E-state index contributed by atoms with van der Waals surface area (Å²) in [4.78, 5) is 82.9. The highest BCUT2D eigenvalue weighted by molar-refractivity contribution is 5.83. The Bertz CT molecular complexity index is 1440. The standard InChI is InChI=1S/C31H59N5O9.C10H20O2.C9H20O.C9H20.2C2H6.CH3NO/c1-7-35(17-19-37)28(39)9-8-27(38)34-13-12-33-15-20-43-30(41)11-10-29(40)36(16-14-32-6)18-21-44-31(42)45-26(22-24(2)3)23-25(4)5;1-8(2)5-10(12-7-11)6-9(3)4;1-7(2)5-9(10)6-8(3)4;1-5-6-9(4)7-8(2)3;2*1-2;2-1-3/h24-26,32-33,37H,7-23H2,1-6H3,(H,34,38);7-10H,5-6H2,1-4H3;7-10H,5-6H2,1-4H3;8-9H,5-7H2,1-4H3;2*1-2H3;1H,(H2,2,3). The number of carbonyl (C=O) groups excluding carboxylic acids is 7. The number of esters is 1. The molecule has 1 unspecified atom stereocenters. The van der Waals surface area contributed by atoms with Crippen molar-refractivity contribution >= 4 is 42.7 Å². The summed E-state index contributed by atoms with van der Waals surface area (Å²) in [7, 11) is 1.77. The van der Waals surface area contributed by atoms with Gasteiger partial charge in [0.25, 0.3) is 6.47 Å². The summed E-state index contributed by atoms with van der Waals surface area (Å²) in [5.74, 6) is 3.84. The number of rotatable bonds is 40. The van der Waals surface area contributed by atoms with Crippen LogP contribution in [-0.2, 0) is 47.7 Å². The predicted octanol–water partition coefficient (Wildman–Crippen LogP) is 11.0. The monoisotopic (exact) mass is 1200 g/mol. The Morgan fingerprint density at radius 3 is 1.43 bits per heavy atom. The number of likely N-dealkylation sites (N-methyl/N-ethyl adjacent to an activating group) is 2. The maximum Gasteiger partial charge on any atom is 0.508 e. The number of ether oxygens (including phenoxy) is 4. The van der Waals surface area contributed by atoms with Gasteiger partial charge < -0.3 is 60.6 Å². The molecule has 498 valence electrons. The van der Waals surface area contributed by atoms with Crippen LogP contribution in [-0.4, -0.2) is 160 Å². The van der Waals surface area contributed by atoms with Crippen molar-refractivity contribution in [1.82, 2.24) is 25.8 Å². The van der Waals surface area contributed by atoms with E-state index in [0.717, 1.165) is 50.4 Å². The molecule has 0 saturated carbocycles. The fourth-order valence-corrected chi connectivity index (χ4v) is 8.34. The van der Waals surface area contributed by atoms with Crippen molar-refractivity contribution in [3.63, 3.8) is 0 Å². The minimum Gasteiger partial charge on any atom is -0.465 e. The second kappa shape index (κ2) is 67.1. The average Bonchev–Trinajstić information content (AvgIpc) is 3.37. The Morgan fingerprint density at radius 1 is 0.554 bits per heavy atom. The summed E-state index contributed by atoms with van der Waals surface area (Å²) in [5.41, 5.74) is 4.17. The number of carbonyl (C=O) groups is 7. The molecular formula is C64H134N6O13. The van der Waals surface area contributed by atoms with E-state index in [0.29, 0.717) is 81.2 Å². The van der Waals surface area contributed by atoms with Crippen LogP contribution in [0.15, 0.2) is 0 Å². The van der Waals surface area contributed by atoms with Crippen molar-refractivity contribution in [2.24, 2.45) is 53.1 Å². The number of amides is 4. The number of nitrogens with two attached hydrogens (primary N) is 1. The van der Waals surface area contributed by atoms with E-state index in [-0.39, 0.29) is 101 Å². The molecule has 19 nitrogen and oxygen atoms in total. The van der Waals surface area contributed by atoms with Crippen LogP contribution in [0.1, 0.15) is 229 Å². The molecule has 0 spiro atoms. The van der Waals surface area contributed by atoms with Crippen LogP contribution in [0.2, 0.25) is 0 Å². The molecule has 4 amide bonds. The second-order valence-corrected chi connectivity index (χ2v) is 23.3. The van der Waals surface area contributed by atoms with Crippen LogP contribution >= 0.6 is 0 Å². The van der Waals surface area contributed by atoms with Crippen LogP contribution < -0.4 is 21.7 Å². The number of hydrogen-bond donors (Lipinski definition) is 6. The SMILES string of the molecule is CC.CC.CC(C)CC(CC(C)C)OC=O.CC(C)CC(O)CC(C)C.CCCC(C)CC(C)C.CCN(CCO)C(=O)CCC(=O)NCCNCCOC(=O)CCC(=O)N(CCNC)CCOC(=O)OC(CC(C)C)CC(C)C.NC=O. The van der Waals surface area contributed by atoms with Crippen LogP contribution in [0.3, 0.4) is 0 Å². The highest BCUT2D eigenvalue weighted by Crippen LogP contribution is 2.19. The van der Waals surface area contributed by atoms with Crippen molar-refractivity contribution in [2.45, 2.75) is 247 Å². The second-order valence-electron chi connectivity index (χ2n) is 23.3.